The molecule has 0 bridgehead atoms. The van der Waals surface area contributed by atoms with Gasteiger partial charge < -0.3 is 20.4 Å². The van der Waals surface area contributed by atoms with Gasteiger partial charge in [-0.05, 0) is 25.3 Å². The lowest BCUT2D eigenvalue weighted by Crippen LogP contribution is -2.37. The fourth-order valence-corrected chi connectivity index (χ4v) is 4.10. The van der Waals surface area contributed by atoms with Crippen molar-refractivity contribution in [1.82, 2.24) is 29.6 Å². The van der Waals surface area contributed by atoms with Crippen molar-refractivity contribution in [3.8, 4) is 28.3 Å². The van der Waals surface area contributed by atoms with Crippen LogP contribution in [0.5, 0.6) is 5.75 Å². The highest BCUT2D eigenvalue weighted by Gasteiger charge is 2.18. The first-order valence-corrected chi connectivity index (χ1v) is 10.8. The summed E-state index contributed by atoms with van der Waals surface area (Å²) in [5, 5.41) is 4.35. The van der Waals surface area contributed by atoms with Crippen molar-refractivity contribution >= 4 is 22.8 Å². The molecule has 5 rings (SSSR count). The Kier molecular flexibility index (Phi) is 5.41. The van der Waals surface area contributed by atoms with Crippen LogP contribution in [0.2, 0.25) is 0 Å². The number of imidazole rings is 1. The Labute approximate surface area is 189 Å². The summed E-state index contributed by atoms with van der Waals surface area (Å²) in [6.45, 7) is 1.82. The largest absolute Gasteiger partial charge is 0.494 e. The molecule has 1 aromatic carbocycles. The number of amides is 1. The number of nitrogen functional groups attached to an aromatic ring is 1. The van der Waals surface area contributed by atoms with E-state index in [0.717, 1.165) is 37.1 Å². The highest BCUT2D eigenvalue weighted by Crippen LogP contribution is 2.31. The van der Waals surface area contributed by atoms with Crippen molar-refractivity contribution in [2.45, 2.75) is 25.8 Å². The lowest BCUT2D eigenvalue weighted by atomic mass is 10.1. The van der Waals surface area contributed by atoms with Gasteiger partial charge in [0.1, 0.15) is 18.2 Å². The Balaban J connectivity index is 1.41. The Morgan fingerprint density at radius 3 is 2.79 bits per heavy atom. The van der Waals surface area contributed by atoms with Gasteiger partial charge >= 0.3 is 0 Å². The third kappa shape index (κ3) is 4.11. The first-order valence-electron chi connectivity index (χ1n) is 10.8. The fourth-order valence-electron chi connectivity index (χ4n) is 4.10. The number of piperidine rings is 1. The van der Waals surface area contributed by atoms with E-state index < -0.39 is 5.82 Å². The number of nitrogens with zero attached hydrogens (tertiary/aromatic N) is 5. The summed E-state index contributed by atoms with van der Waals surface area (Å²) in [6, 6.07) is 4.71. The van der Waals surface area contributed by atoms with E-state index in [1.54, 1.807) is 23.1 Å². The number of pyridine rings is 1. The number of likely N-dealkylation sites (tertiary alicyclic amines) is 1. The molecule has 1 amide bonds. The topological polar surface area (TPSA) is 115 Å². The monoisotopic (exact) mass is 449 g/mol. The number of hydrogen-bond donors (Lipinski definition) is 2. The number of nitrogens with one attached hydrogen (secondary N) is 1. The molecule has 0 saturated carbocycles. The zero-order chi connectivity index (χ0) is 22.9. The predicted octanol–water partition coefficient (Wildman–Crippen LogP) is 3.23. The number of nitrogens with two attached hydrogens (primary N) is 1. The van der Waals surface area contributed by atoms with Crippen LogP contribution in [0.4, 0.5) is 10.2 Å². The smallest absolute Gasteiger partial charge is 0.244 e. The minimum Gasteiger partial charge on any atom is -0.494 e. The van der Waals surface area contributed by atoms with Crippen LogP contribution in [0.1, 0.15) is 19.3 Å². The molecule has 4 aromatic rings. The average molecular weight is 449 g/mol. The second kappa shape index (κ2) is 8.53. The molecule has 3 N–H and O–H groups in total. The number of aromatic nitrogens is 5. The van der Waals surface area contributed by atoms with Crippen LogP contribution in [-0.2, 0) is 11.3 Å². The molecule has 170 valence electrons. The lowest BCUT2D eigenvalue weighted by Gasteiger charge is -2.26. The maximum absolute atomic E-state index is 14.1. The fraction of sp³-hybridized carbons (Fsp3) is 0.304. The summed E-state index contributed by atoms with van der Waals surface area (Å²) in [5.41, 5.74) is 9.36. The number of anilines is 1. The number of aromatic amines is 1. The van der Waals surface area contributed by atoms with E-state index in [1.807, 2.05) is 17.2 Å². The summed E-state index contributed by atoms with van der Waals surface area (Å²) in [6.07, 6.45) is 8.44. The number of carbonyl (C=O) groups excluding carboxylic acids is 1. The number of ether oxygens (including phenoxy) is 1. The van der Waals surface area contributed by atoms with Gasteiger partial charge in [0.05, 0.1) is 29.9 Å². The first-order chi connectivity index (χ1) is 16.0. The number of hydrogen-bond acceptors (Lipinski definition) is 6. The van der Waals surface area contributed by atoms with E-state index in [1.165, 1.54) is 19.6 Å². The van der Waals surface area contributed by atoms with E-state index in [0.29, 0.717) is 22.4 Å². The summed E-state index contributed by atoms with van der Waals surface area (Å²) in [7, 11) is 1.41. The summed E-state index contributed by atoms with van der Waals surface area (Å²) in [5.74, 6) is 0.471. The summed E-state index contributed by atoms with van der Waals surface area (Å²) in [4.78, 5) is 26.4. The maximum Gasteiger partial charge on any atom is 0.244 e. The standard InChI is InChI=1S/C23H24FN7O2/c1-33-20-9-19-18(8-17(20)24)28-23(29-19)16-7-14(10-26-22(16)25)15-11-27-31(12-15)13-21(32)30-5-3-2-4-6-30/h7-12H,2-6,13H2,1H3,(H2,25,26)(H,28,29). The molecule has 0 aliphatic carbocycles. The van der Waals surface area contributed by atoms with E-state index >= 15 is 0 Å². The molecule has 0 radical (unpaired) electrons. The van der Waals surface area contributed by atoms with Crippen LogP contribution in [-0.4, -0.2) is 55.7 Å². The Morgan fingerprint density at radius 2 is 2.00 bits per heavy atom. The minimum absolute atomic E-state index is 0.0745. The second-order valence-corrected chi connectivity index (χ2v) is 8.11. The van der Waals surface area contributed by atoms with Gasteiger partial charge in [-0.15, -0.1) is 0 Å². The molecule has 3 aromatic heterocycles. The Bertz CT molecular complexity index is 1320. The molecule has 1 aliphatic rings. The third-order valence-corrected chi connectivity index (χ3v) is 5.90. The third-order valence-electron chi connectivity index (χ3n) is 5.90. The molecule has 0 spiro atoms. The molecular formula is C23H24FN7O2. The Hall–Kier alpha value is -3.95. The molecule has 1 fully saturated rings. The lowest BCUT2D eigenvalue weighted by molar-refractivity contribution is -0.132. The predicted molar refractivity (Wildman–Crippen MR) is 122 cm³/mol. The van der Waals surface area contributed by atoms with Crippen LogP contribution in [0, 0.1) is 5.82 Å². The first kappa shape index (κ1) is 20.9. The quantitative estimate of drug-likeness (QED) is 0.483. The normalized spacial score (nSPS) is 14.1. The number of methoxy groups -OCH3 is 1. The van der Waals surface area contributed by atoms with Crippen LogP contribution >= 0.6 is 0 Å². The molecule has 0 unspecified atom stereocenters. The number of benzene rings is 1. The van der Waals surface area contributed by atoms with Crippen LogP contribution in [0.3, 0.4) is 0 Å². The zero-order valence-electron chi connectivity index (χ0n) is 18.2. The van der Waals surface area contributed by atoms with Gasteiger partial charge in [0.2, 0.25) is 5.91 Å². The average Bonchev–Trinajstić information content (AvgIpc) is 3.46. The number of fused-ring (bicyclic) bond motifs is 1. The van der Waals surface area contributed by atoms with Gasteiger partial charge in [0.25, 0.3) is 0 Å². The summed E-state index contributed by atoms with van der Waals surface area (Å²) < 4.78 is 20.7. The van der Waals surface area contributed by atoms with Gasteiger partial charge in [0, 0.05) is 48.7 Å². The highest BCUT2D eigenvalue weighted by molar-refractivity contribution is 5.84. The van der Waals surface area contributed by atoms with E-state index in [4.69, 9.17) is 10.5 Å². The number of H-pyrrole nitrogens is 1. The maximum atomic E-state index is 14.1. The molecule has 1 saturated heterocycles. The molecule has 0 atom stereocenters. The van der Waals surface area contributed by atoms with E-state index in [-0.39, 0.29) is 24.0 Å². The van der Waals surface area contributed by atoms with Crippen LogP contribution in [0.15, 0.2) is 36.8 Å². The van der Waals surface area contributed by atoms with Crippen molar-refractivity contribution in [3.05, 3.63) is 42.6 Å². The molecule has 10 heteroatoms. The summed E-state index contributed by atoms with van der Waals surface area (Å²) >= 11 is 0. The van der Waals surface area contributed by atoms with Gasteiger partial charge in [0.15, 0.2) is 11.6 Å². The SMILES string of the molecule is COc1cc2[nH]c(-c3cc(-c4cnn(CC(=O)N5CCCCC5)c4)cnc3N)nc2cc1F. The van der Waals surface area contributed by atoms with Crippen molar-refractivity contribution in [2.75, 3.05) is 25.9 Å². The molecule has 33 heavy (non-hydrogen) atoms. The molecule has 9 nitrogen and oxygen atoms in total. The van der Waals surface area contributed by atoms with Crippen molar-refractivity contribution in [3.63, 3.8) is 0 Å². The molecule has 1 aliphatic heterocycles. The minimum atomic E-state index is -0.491. The van der Waals surface area contributed by atoms with Crippen LogP contribution < -0.4 is 10.5 Å². The van der Waals surface area contributed by atoms with E-state index in [9.17, 15) is 9.18 Å². The molecule has 4 heterocycles. The van der Waals surface area contributed by atoms with Crippen molar-refractivity contribution < 1.29 is 13.9 Å². The van der Waals surface area contributed by atoms with Gasteiger partial charge in [-0.25, -0.2) is 14.4 Å². The number of halogens is 1. The van der Waals surface area contributed by atoms with Gasteiger partial charge in [-0.1, -0.05) is 0 Å². The van der Waals surface area contributed by atoms with Crippen molar-refractivity contribution in [1.29, 1.82) is 0 Å². The number of rotatable bonds is 5. The Morgan fingerprint density at radius 1 is 1.18 bits per heavy atom. The van der Waals surface area contributed by atoms with E-state index in [2.05, 4.69) is 20.1 Å². The van der Waals surface area contributed by atoms with Crippen LogP contribution in [0.25, 0.3) is 33.5 Å². The zero-order valence-corrected chi connectivity index (χ0v) is 18.2. The highest BCUT2D eigenvalue weighted by atomic mass is 19.1. The van der Waals surface area contributed by atoms with Crippen molar-refractivity contribution in [2.24, 2.45) is 0 Å². The number of carbonyl (C=O) groups is 1. The second-order valence-electron chi connectivity index (χ2n) is 8.11. The molecular weight excluding hydrogens is 425 g/mol. The van der Waals surface area contributed by atoms with Gasteiger partial charge in [-0.3, -0.25) is 9.48 Å². The van der Waals surface area contributed by atoms with Gasteiger partial charge in [-0.2, -0.15) is 5.10 Å².